The molecule has 2 heterocycles. The maximum absolute atomic E-state index is 11.9. The number of hydrogen-bond acceptors (Lipinski definition) is 3. The van der Waals surface area contributed by atoms with Gasteiger partial charge >= 0.3 is 0 Å². The Hall–Kier alpha value is -2.14. The average Bonchev–Trinajstić information content (AvgIpc) is 3.06. The second-order valence-electron chi connectivity index (χ2n) is 5.07. The summed E-state index contributed by atoms with van der Waals surface area (Å²) in [5.41, 5.74) is 2.78. The number of hydrogen-bond donors (Lipinski definition) is 2. The van der Waals surface area contributed by atoms with E-state index in [0.29, 0.717) is 19.4 Å². The van der Waals surface area contributed by atoms with Gasteiger partial charge in [-0.1, -0.05) is 18.2 Å². The van der Waals surface area contributed by atoms with Gasteiger partial charge in [0.1, 0.15) is 0 Å². The molecule has 2 aromatic rings. The highest BCUT2D eigenvalue weighted by molar-refractivity contribution is 7.09. The van der Waals surface area contributed by atoms with Crippen LogP contribution in [-0.4, -0.2) is 18.4 Å². The Balaban J connectivity index is 1.51. The lowest BCUT2D eigenvalue weighted by Crippen LogP contribution is -2.27. The van der Waals surface area contributed by atoms with Crippen LogP contribution in [0.25, 0.3) is 0 Å². The van der Waals surface area contributed by atoms with Gasteiger partial charge in [-0.25, -0.2) is 0 Å². The van der Waals surface area contributed by atoms with Crippen molar-refractivity contribution < 1.29 is 9.59 Å². The first-order chi connectivity index (χ1) is 10.2. The number of benzene rings is 1. The van der Waals surface area contributed by atoms with Crippen molar-refractivity contribution in [2.75, 3.05) is 11.9 Å². The fourth-order valence-electron chi connectivity index (χ4n) is 2.42. The fourth-order valence-corrected chi connectivity index (χ4v) is 3.13. The molecule has 0 atom stereocenters. The molecule has 1 aromatic heterocycles. The van der Waals surface area contributed by atoms with E-state index in [9.17, 15) is 9.59 Å². The molecule has 1 aromatic carbocycles. The highest BCUT2D eigenvalue weighted by Gasteiger charge is 2.17. The van der Waals surface area contributed by atoms with Crippen LogP contribution in [0.15, 0.2) is 35.7 Å². The molecule has 4 nitrogen and oxygen atoms in total. The third-order valence-corrected chi connectivity index (χ3v) is 4.37. The van der Waals surface area contributed by atoms with E-state index in [-0.39, 0.29) is 11.8 Å². The number of amides is 2. The van der Waals surface area contributed by atoms with Crippen LogP contribution in [0.4, 0.5) is 5.69 Å². The molecule has 0 spiro atoms. The quantitative estimate of drug-likeness (QED) is 0.889. The Bertz CT molecular complexity index is 665. The zero-order chi connectivity index (χ0) is 14.7. The van der Waals surface area contributed by atoms with Gasteiger partial charge in [0.25, 0.3) is 0 Å². The maximum Gasteiger partial charge on any atom is 0.228 e. The Morgan fingerprint density at radius 1 is 1.33 bits per heavy atom. The van der Waals surface area contributed by atoms with Crippen LogP contribution in [0.3, 0.4) is 0 Å². The highest BCUT2D eigenvalue weighted by atomic mass is 32.1. The van der Waals surface area contributed by atoms with E-state index in [1.807, 2.05) is 29.6 Å². The lowest BCUT2D eigenvalue weighted by Gasteiger charge is -2.06. The second-order valence-corrected chi connectivity index (χ2v) is 6.10. The van der Waals surface area contributed by atoms with Crippen LogP contribution in [0.1, 0.15) is 16.0 Å². The van der Waals surface area contributed by atoms with Gasteiger partial charge in [0, 0.05) is 17.1 Å². The largest absolute Gasteiger partial charge is 0.355 e. The minimum absolute atomic E-state index is 0.0162. The monoisotopic (exact) mass is 300 g/mol. The molecule has 5 heteroatoms. The van der Waals surface area contributed by atoms with Gasteiger partial charge in [0.05, 0.1) is 12.8 Å². The van der Waals surface area contributed by atoms with Gasteiger partial charge in [-0.2, -0.15) is 0 Å². The minimum atomic E-state index is 0.0162. The number of carbonyl (C=O) groups is 2. The van der Waals surface area contributed by atoms with Crippen molar-refractivity contribution in [2.45, 2.75) is 19.3 Å². The average molecular weight is 300 g/mol. The highest BCUT2D eigenvalue weighted by Crippen LogP contribution is 2.23. The van der Waals surface area contributed by atoms with Crippen LogP contribution in [0.5, 0.6) is 0 Å². The summed E-state index contributed by atoms with van der Waals surface area (Å²) in [5, 5.41) is 7.76. The van der Waals surface area contributed by atoms with Crippen molar-refractivity contribution in [1.29, 1.82) is 0 Å². The van der Waals surface area contributed by atoms with Crippen molar-refractivity contribution in [1.82, 2.24) is 5.32 Å². The topological polar surface area (TPSA) is 58.2 Å². The molecule has 0 fully saturated rings. The van der Waals surface area contributed by atoms with Crippen LogP contribution >= 0.6 is 11.3 Å². The summed E-state index contributed by atoms with van der Waals surface area (Å²) < 4.78 is 0. The van der Waals surface area contributed by atoms with Crippen LogP contribution in [0, 0.1) is 0 Å². The number of nitrogens with one attached hydrogen (secondary N) is 2. The molecule has 0 saturated carbocycles. The molecule has 2 amide bonds. The third-order valence-electron chi connectivity index (χ3n) is 3.43. The van der Waals surface area contributed by atoms with Gasteiger partial charge in [0.2, 0.25) is 11.8 Å². The second kappa shape index (κ2) is 6.10. The summed E-state index contributed by atoms with van der Waals surface area (Å²) in [5.74, 6) is 0.0336. The van der Waals surface area contributed by atoms with Gasteiger partial charge in [-0.3, -0.25) is 9.59 Å². The molecular weight excluding hydrogens is 284 g/mol. The predicted molar refractivity (Wildman–Crippen MR) is 83.5 cm³/mol. The molecule has 0 aliphatic carbocycles. The van der Waals surface area contributed by atoms with Gasteiger partial charge in [0.15, 0.2) is 0 Å². The zero-order valence-corrected chi connectivity index (χ0v) is 12.3. The van der Waals surface area contributed by atoms with Crippen molar-refractivity contribution in [3.63, 3.8) is 0 Å². The SMILES string of the molecule is O=C(Cc1ccc2c(c1)CC(=O)N2)NCCc1cccs1. The van der Waals surface area contributed by atoms with Gasteiger partial charge in [-0.15, -0.1) is 11.3 Å². The number of rotatable bonds is 5. The first-order valence-corrected chi connectivity index (χ1v) is 7.79. The smallest absolute Gasteiger partial charge is 0.228 e. The van der Waals surface area contributed by atoms with Gasteiger partial charge in [-0.05, 0) is 35.1 Å². The van der Waals surface area contributed by atoms with Crippen LogP contribution < -0.4 is 10.6 Å². The van der Waals surface area contributed by atoms with E-state index in [2.05, 4.69) is 16.7 Å². The van der Waals surface area contributed by atoms with Crippen molar-refractivity contribution in [3.05, 3.63) is 51.7 Å². The minimum Gasteiger partial charge on any atom is -0.355 e. The normalized spacial score (nSPS) is 12.9. The molecule has 1 aliphatic rings. The molecule has 21 heavy (non-hydrogen) atoms. The van der Waals surface area contributed by atoms with Gasteiger partial charge < -0.3 is 10.6 Å². The van der Waals surface area contributed by atoms with Crippen LogP contribution in [-0.2, 0) is 28.9 Å². The molecule has 0 radical (unpaired) electrons. The molecule has 1 aliphatic heterocycles. The molecule has 0 unspecified atom stereocenters. The molecule has 2 N–H and O–H groups in total. The Kier molecular flexibility index (Phi) is 4.01. The lowest BCUT2D eigenvalue weighted by atomic mass is 10.1. The summed E-state index contributed by atoms with van der Waals surface area (Å²) >= 11 is 1.70. The van der Waals surface area contributed by atoms with Crippen molar-refractivity contribution in [2.24, 2.45) is 0 Å². The van der Waals surface area contributed by atoms with E-state index < -0.39 is 0 Å². The number of fused-ring (bicyclic) bond motifs is 1. The molecule has 108 valence electrons. The van der Waals surface area contributed by atoms with Crippen molar-refractivity contribution >= 4 is 28.8 Å². The maximum atomic E-state index is 11.9. The zero-order valence-electron chi connectivity index (χ0n) is 11.5. The summed E-state index contributed by atoms with van der Waals surface area (Å²) in [6.07, 6.45) is 1.63. The predicted octanol–water partition coefficient (Wildman–Crippen LogP) is 2.14. The van der Waals surface area contributed by atoms with E-state index in [1.165, 1.54) is 4.88 Å². The van der Waals surface area contributed by atoms with E-state index in [0.717, 1.165) is 23.2 Å². The Morgan fingerprint density at radius 3 is 3.05 bits per heavy atom. The standard InChI is InChI=1S/C16H16N2O2S/c19-15(17-6-5-13-2-1-7-21-13)9-11-3-4-14-12(8-11)10-16(20)18-14/h1-4,7-8H,5-6,9-10H2,(H,17,19)(H,18,20). The molecule has 3 rings (SSSR count). The third kappa shape index (κ3) is 3.49. The van der Waals surface area contributed by atoms with E-state index in [4.69, 9.17) is 0 Å². The Labute approximate surface area is 127 Å². The number of thiophene rings is 1. The lowest BCUT2D eigenvalue weighted by molar-refractivity contribution is -0.120. The number of carbonyl (C=O) groups excluding carboxylic acids is 2. The fraction of sp³-hybridized carbons (Fsp3) is 0.250. The first-order valence-electron chi connectivity index (χ1n) is 6.91. The Morgan fingerprint density at radius 2 is 2.24 bits per heavy atom. The summed E-state index contributed by atoms with van der Waals surface area (Å²) in [4.78, 5) is 24.5. The van der Waals surface area contributed by atoms with Crippen LogP contribution in [0.2, 0.25) is 0 Å². The molecule has 0 saturated heterocycles. The first kappa shape index (κ1) is 13.8. The van der Waals surface area contributed by atoms with Crippen molar-refractivity contribution in [3.8, 4) is 0 Å². The summed E-state index contributed by atoms with van der Waals surface area (Å²) in [6.45, 7) is 0.657. The molecular formula is C16H16N2O2S. The summed E-state index contributed by atoms with van der Waals surface area (Å²) in [7, 11) is 0. The number of anilines is 1. The van der Waals surface area contributed by atoms with E-state index in [1.54, 1.807) is 11.3 Å². The molecule has 0 bridgehead atoms. The summed E-state index contributed by atoms with van der Waals surface area (Å²) in [6, 6.07) is 9.78. The van der Waals surface area contributed by atoms with E-state index >= 15 is 0 Å².